The highest BCUT2D eigenvalue weighted by atomic mass is 32.2. The fourth-order valence-electron chi connectivity index (χ4n) is 1.29. The van der Waals surface area contributed by atoms with Gasteiger partial charge in [-0.05, 0) is 31.6 Å². The average Bonchev–Trinajstić information content (AvgIpc) is 2.21. The number of hydrogen-bond donors (Lipinski definition) is 1. The fraction of sp³-hybridized carbons (Fsp3) is 0.833. The van der Waals surface area contributed by atoms with Crippen molar-refractivity contribution >= 4 is 11.8 Å². The molecule has 1 unspecified atom stereocenters. The third kappa shape index (κ3) is 7.45. The third-order valence-electron chi connectivity index (χ3n) is 2.24. The van der Waals surface area contributed by atoms with Crippen LogP contribution < -0.4 is 5.32 Å². The normalized spacial score (nSPS) is 12.8. The predicted molar refractivity (Wildman–Crippen MR) is 69.1 cm³/mol. The zero-order valence-corrected chi connectivity index (χ0v) is 10.8. The first-order valence-electron chi connectivity index (χ1n) is 5.72. The van der Waals surface area contributed by atoms with Crippen LogP contribution in [0.15, 0.2) is 12.2 Å². The van der Waals surface area contributed by atoms with Crippen LogP contribution in [0, 0.1) is 0 Å². The van der Waals surface area contributed by atoms with E-state index in [1.807, 2.05) is 11.8 Å². The van der Waals surface area contributed by atoms with Gasteiger partial charge >= 0.3 is 0 Å². The molecule has 0 aromatic heterocycles. The summed E-state index contributed by atoms with van der Waals surface area (Å²) >= 11 is 2.02. The van der Waals surface area contributed by atoms with Crippen molar-refractivity contribution in [3.63, 3.8) is 0 Å². The molecule has 14 heavy (non-hydrogen) atoms. The van der Waals surface area contributed by atoms with Crippen LogP contribution >= 0.6 is 11.8 Å². The first-order chi connectivity index (χ1) is 6.74. The van der Waals surface area contributed by atoms with Crippen molar-refractivity contribution in [3.8, 4) is 0 Å². The highest BCUT2D eigenvalue weighted by Gasteiger charge is 2.07. The van der Waals surface area contributed by atoms with E-state index >= 15 is 0 Å². The van der Waals surface area contributed by atoms with E-state index in [4.69, 9.17) is 0 Å². The molecule has 84 valence electrons. The molecule has 0 amide bonds. The lowest BCUT2D eigenvalue weighted by Crippen LogP contribution is -2.32. The molecule has 0 radical (unpaired) electrons. The van der Waals surface area contributed by atoms with Crippen molar-refractivity contribution in [2.45, 2.75) is 46.1 Å². The van der Waals surface area contributed by atoms with Gasteiger partial charge in [0.2, 0.25) is 0 Å². The molecule has 0 aromatic carbocycles. The highest BCUT2D eigenvalue weighted by molar-refractivity contribution is 7.99. The van der Waals surface area contributed by atoms with Crippen LogP contribution in [0.4, 0.5) is 0 Å². The van der Waals surface area contributed by atoms with Crippen LogP contribution in [0.5, 0.6) is 0 Å². The largest absolute Gasteiger partial charge is 0.313 e. The van der Waals surface area contributed by atoms with E-state index in [1.54, 1.807) is 0 Å². The van der Waals surface area contributed by atoms with Gasteiger partial charge in [-0.2, -0.15) is 11.8 Å². The van der Waals surface area contributed by atoms with Gasteiger partial charge in [-0.1, -0.05) is 32.9 Å². The quantitative estimate of drug-likeness (QED) is 0.591. The average molecular weight is 215 g/mol. The molecule has 1 atom stereocenters. The predicted octanol–water partition coefficient (Wildman–Crippen LogP) is 3.46. The Labute approximate surface area is 93.7 Å². The monoisotopic (exact) mass is 215 g/mol. The Morgan fingerprint density at radius 2 is 2.07 bits per heavy atom. The van der Waals surface area contributed by atoms with Gasteiger partial charge in [0.05, 0.1) is 0 Å². The molecule has 0 aromatic rings. The molecule has 0 aliphatic rings. The summed E-state index contributed by atoms with van der Waals surface area (Å²) in [6.45, 7) is 11.8. The first kappa shape index (κ1) is 14.1. The van der Waals surface area contributed by atoms with Gasteiger partial charge in [0.25, 0.3) is 0 Å². The van der Waals surface area contributed by atoms with Gasteiger partial charge < -0.3 is 5.32 Å². The summed E-state index contributed by atoms with van der Waals surface area (Å²) in [7, 11) is 0. The highest BCUT2D eigenvalue weighted by Crippen LogP contribution is 2.12. The minimum atomic E-state index is 0.632. The lowest BCUT2D eigenvalue weighted by Gasteiger charge is -2.18. The summed E-state index contributed by atoms with van der Waals surface area (Å²) in [5.74, 6) is 2.43. The topological polar surface area (TPSA) is 12.0 Å². The molecule has 0 heterocycles. The van der Waals surface area contributed by atoms with Gasteiger partial charge in [-0.15, -0.1) is 0 Å². The summed E-state index contributed by atoms with van der Waals surface area (Å²) in [4.78, 5) is 0. The molecular weight excluding hydrogens is 190 g/mol. The van der Waals surface area contributed by atoms with Gasteiger partial charge in [0.15, 0.2) is 0 Å². The van der Waals surface area contributed by atoms with Gasteiger partial charge in [0.1, 0.15) is 0 Å². The Balaban J connectivity index is 3.77. The van der Waals surface area contributed by atoms with E-state index < -0.39 is 0 Å². The number of rotatable bonds is 9. The first-order valence-corrected chi connectivity index (χ1v) is 6.87. The Morgan fingerprint density at radius 1 is 1.36 bits per heavy atom. The molecule has 1 nitrogen and oxygen atoms in total. The fourth-order valence-corrected chi connectivity index (χ4v) is 2.05. The van der Waals surface area contributed by atoms with Crippen LogP contribution in [0.2, 0.25) is 0 Å². The Kier molecular flexibility index (Phi) is 9.63. The molecule has 0 saturated carbocycles. The van der Waals surface area contributed by atoms with Crippen LogP contribution in [0.25, 0.3) is 0 Å². The van der Waals surface area contributed by atoms with E-state index in [1.165, 1.54) is 23.5 Å². The lowest BCUT2D eigenvalue weighted by molar-refractivity contribution is 0.544. The van der Waals surface area contributed by atoms with Crippen LogP contribution in [-0.2, 0) is 0 Å². The Morgan fingerprint density at radius 3 is 2.57 bits per heavy atom. The van der Waals surface area contributed by atoms with Crippen molar-refractivity contribution in [1.29, 1.82) is 0 Å². The van der Waals surface area contributed by atoms with Crippen LogP contribution in [0.1, 0.15) is 40.0 Å². The molecule has 0 fully saturated rings. The van der Waals surface area contributed by atoms with Crippen molar-refractivity contribution in [3.05, 3.63) is 12.2 Å². The summed E-state index contributed by atoms with van der Waals surface area (Å²) in [5, 5.41) is 3.59. The van der Waals surface area contributed by atoms with Gasteiger partial charge in [0, 0.05) is 11.8 Å². The lowest BCUT2D eigenvalue weighted by atomic mass is 10.1. The van der Waals surface area contributed by atoms with Crippen LogP contribution in [0.3, 0.4) is 0 Å². The molecule has 1 N–H and O–H groups in total. The summed E-state index contributed by atoms with van der Waals surface area (Å²) in [6.07, 6.45) is 3.47. The zero-order chi connectivity index (χ0) is 10.8. The van der Waals surface area contributed by atoms with Crippen molar-refractivity contribution in [2.75, 3.05) is 18.1 Å². The summed E-state index contributed by atoms with van der Waals surface area (Å²) in [5.41, 5.74) is 1.37. The molecular formula is C12H25NS. The number of thioether (sulfide) groups is 1. The maximum absolute atomic E-state index is 4.08. The minimum absolute atomic E-state index is 0.632. The molecule has 0 saturated heterocycles. The number of hydrogen-bond acceptors (Lipinski definition) is 2. The minimum Gasteiger partial charge on any atom is -0.313 e. The second-order valence-corrected chi connectivity index (χ2v) is 4.94. The van der Waals surface area contributed by atoms with E-state index in [-0.39, 0.29) is 0 Å². The maximum Gasteiger partial charge on any atom is 0.0195 e. The maximum atomic E-state index is 4.08. The molecule has 0 bridgehead atoms. The Bertz CT molecular complexity index is 137. The molecule has 0 aliphatic heterocycles. The standard InChI is InChI=1S/C12H25NS/c1-5-8-13-12(10-14-7-3)9-11(4)6-2/h12-13H,4-10H2,1-3H3. The molecule has 2 heteroatoms. The number of nitrogens with one attached hydrogen (secondary N) is 1. The van der Waals surface area contributed by atoms with E-state index in [0.717, 1.165) is 19.4 Å². The summed E-state index contributed by atoms with van der Waals surface area (Å²) < 4.78 is 0. The van der Waals surface area contributed by atoms with E-state index in [2.05, 4.69) is 32.7 Å². The molecule has 0 aliphatic carbocycles. The van der Waals surface area contributed by atoms with Gasteiger partial charge in [-0.3, -0.25) is 0 Å². The van der Waals surface area contributed by atoms with E-state index in [0.29, 0.717) is 6.04 Å². The van der Waals surface area contributed by atoms with Gasteiger partial charge in [-0.25, -0.2) is 0 Å². The van der Waals surface area contributed by atoms with Crippen LogP contribution in [-0.4, -0.2) is 24.1 Å². The van der Waals surface area contributed by atoms with Crippen molar-refractivity contribution < 1.29 is 0 Å². The van der Waals surface area contributed by atoms with E-state index in [9.17, 15) is 0 Å². The zero-order valence-electron chi connectivity index (χ0n) is 9.94. The molecule has 0 rings (SSSR count). The Hall–Kier alpha value is 0.0500. The second kappa shape index (κ2) is 9.60. The molecule has 0 spiro atoms. The smallest absolute Gasteiger partial charge is 0.0195 e. The third-order valence-corrected chi connectivity index (χ3v) is 3.29. The summed E-state index contributed by atoms with van der Waals surface area (Å²) in [6, 6.07) is 0.632. The van der Waals surface area contributed by atoms with Crippen molar-refractivity contribution in [2.24, 2.45) is 0 Å². The second-order valence-electron chi connectivity index (χ2n) is 3.62. The van der Waals surface area contributed by atoms with Crippen molar-refractivity contribution in [1.82, 2.24) is 5.32 Å². The SMILES string of the molecule is C=C(CC)CC(CSCC)NCCC.